The maximum atomic E-state index is 13.7. The minimum atomic E-state index is -0.467. The fraction of sp³-hybridized carbons (Fsp3) is 0.278. The third-order valence-electron chi connectivity index (χ3n) is 3.43. The molecule has 0 atom stereocenters. The summed E-state index contributed by atoms with van der Waals surface area (Å²) in [6.45, 7) is 6.38. The maximum Gasteiger partial charge on any atom is 0.228 e. The number of amides is 1. The van der Waals surface area contributed by atoms with Crippen molar-refractivity contribution in [3.05, 3.63) is 64.4 Å². The molecular weight excluding hydrogens is 301 g/mol. The van der Waals surface area contributed by atoms with Crippen LogP contribution in [-0.4, -0.2) is 5.91 Å². The van der Waals surface area contributed by atoms with Crippen LogP contribution < -0.4 is 5.32 Å². The van der Waals surface area contributed by atoms with Crippen molar-refractivity contribution in [1.29, 1.82) is 0 Å². The van der Waals surface area contributed by atoms with E-state index in [-0.39, 0.29) is 28.3 Å². The van der Waals surface area contributed by atoms with Gasteiger partial charge < -0.3 is 5.32 Å². The van der Waals surface area contributed by atoms with E-state index in [1.54, 1.807) is 6.07 Å². The normalized spacial score (nSPS) is 11.3. The van der Waals surface area contributed by atoms with Gasteiger partial charge in [0, 0.05) is 16.3 Å². The summed E-state index contributed by atoms with van der Waals surface area (Å²) < 4.78 is 13.7. The number of carbonyl (C=O) groups excluding carboxylic acids is 1. The molecule has 0 aliphatic rings. The number of halogens is 2. The first kappa shape index (κ1) is 16.5. The van der Waals surface area contributed by atoms with Crippen LogP contribution in [0.4, 0.5) is 10.1 Å². The topological polar surface area (TPSA) is 29.1 Å². The molecule has 0 radical (unpaired) electrons. The van der Waals surface area contributed by atoms with E-state index in [1.165, 1.54) is 17.7 Å². The molecular formula is C18H19ClFNO. The Bertz CT molecular complexity index is 654. The highest BCUT2D eigenvalue weighted by molar-refractivity contribution is 6.31. The predicted molar refractivity (Wildman–Crippen MR) is 88.9 cm³/mol. The van der Waals surface area contributed by atoms with Crippen molar-refractivity contribution in [1.82, 2.24) is 0 Å². The highest BCUT2D eigenvalue weighted by atomic mass is 35.5. The lowest BCUT2D eigenvalue weighted by molar-refractivity contribution is -0.115. The summed E-state index contributed by atoms with van der Waals surface area (Å²) in [6, 6.07) is 12.0. The molecule has 116 valence electrons. The van der Waals surface area contributed by atoms with Crippen molar-refractivity contribution in [3.63, 3.8) is 0 Å². The largest absolute Gasteiger partial charge is 0.326 e. The molecule has 0 aliphatic heterocycles. The average molecular weight is 320 g/mol. The highest BCUT2D eigenvalue weighted by Gasteiger charge is 2.14. The van der Waals surface area contributed by atoms with Gasteiger partial charge in [0.2, 0.25) is 5.91 Å². The monoisotopic (exact) mass is 319 g/mol. The Hall–Kier alpha value is -1.87. The van der Waals surface area contributed by atoms with E-state index in [0.717, 1.165) is 0 Å². The van der Waals surface area contributed by atoms with Gasteiger partial charge in [-0.2, -0.15) is 0 Å². The smallest absolute Gasteiger partial charge is 0.228 e. The van der Waals surface area contributed by atoms with Crippen LogP contribution in [0.1, 0.15) is 31.9 Å². The van der Waals surface area contributed by atoms with E-state index < -0.39 is 5.82 Å². The van der Waals surface area contributed by atoms with Crippen LogP contribution in [-0.2, 0) is 16.6 Å². The lowest BCUT2D eigenvalue weighted by atomic mass is 9.87. The van der Waals surface area contributed by atoms with Gasteiger partial charge in [-0.25, -0.2) is 4.39 Å². The molecule has 2 nitrogen and oxygen atoms in total. The third kappa shape index (κ3) is 4.08. The van der Waals surface area contributed by atoms with Crippen LogP contribution in [0.15, 0.2) is 42.5 Å². The number of hydrogen-bond acceptors (Lipinski definition) is 1. The van der Waals surface area contributed by atoms with Gasteiger partial charge in [0.15, 0.2) is 0 Å². The minimum absolute atomic E-state index is 0.0588. The van der Waals surface area contributed by atoms with Gasteiger partial charge in [0.05, 0.1) is 6.42 Å². The lowest BCUT2D eigenvalue weighted by Gasteiger charge is -2.19. The van der Waals surface area contributed by atoms with Crippen molar-refractivity contribution in [2.45, 2.75) is 32.6 Å². The quantitative estimate of drug-likeness (QED) is 0.851. The Morgan fingerprint density at radius 1 is 1.14 bits per heavy atom. The second kappa shape index (κ2) is 6.49. The third-order valence-corrected chi connectivity index (χ3v) is 3.79. The molecule has 0 saturated heterocycles. The van der Waals surface area contributed by atoms with Gasteiger partial charge in [0.25, 0.3) is 0 Å². The Labute approximate surface area is 135 Å². The van der Waals surface area contributed by atoms with E-state index >= 15 is 0 Å². The number of nitrogens with one attached hydrogen (secondary N) is 1. The van der Waals surface area contributed by atoms with E-state index in [2.05, 4.69) is 26.1 Å². The number of carbonyl (C=O) groups is 1. The highest BCUT2D eigenvalue weighted by Crippen LogP contribution is 2.24. The van der Waals surface area contributed by atoms with Gasteiger partial charge in [0.1, 0.15) is 5.82 Å². The van der Waals surface area contributed by atoms with Crippen LogP contribution in [0, 0.1) is 5.82 Å². The molecule has 0 aliphatic carbocycles. The van der Waals surface area contributed by atoms with E-state index in [4.69, 9.17) is 11.6 Å². The fourth-order valence-corrected chi connectivity index (χ4v) is 2.35. The summed E-state index contributed by atoms with van der Waals surface area (Å²) in [7, 11) is 0. The Morgan fingerprint density at radius 3 is 2.32 bits per heavy atom. The van der Waals surface area contributed by atoms with Crippen LogP contribution in [0.2, 0.25) is 5.02 Å². The molecule has 1 N–H and O–H groups in total. The first-order valence-corrected chi connectivity index (χ1v) is 7.48. The van der Waals surface area contributed by atoms with Gasteiger partial charge in [-0.15, -0.1) is 0 Å². The molecule has 1 amide bonds. The lowest BCUT2D eigenvalue weighted by Crippen LogP contribution is -2.16. The van der Waals surface area contributed by atoms with E-state index in [1.807, 2.05) is 24.3 Å². The van der Waals surface area contributed by atoms with Crippen LogP contribution in [0.3, 0.4) is 0 Å². The SMILES string of the molecule is CC(C)(C)c1ccc(NC(=O)Cc2c(F)cccc2Cl)cc1. The van der Waals surface area contributed by atoms with Crippen molar-refractivity contribution in [3.8, 4) is 0 Å². The van der Waals surface area contributed by atoms with Crippen molar-refractivity contribution in [2.75, 3.05) is 5.32 Å². The van der Waals surface area contributed by atoms with Crippen LogP contribution in [0.25, 0.3) is 0 Å². The van der Waals surface area contributed by atoms with Gasteiger partial charge >= 0.3 is 0 Å². The molecule has 0 unspecified atom stereocenters. The molecule has 22 heavy (non-hydrogen) atoms. The summed E-state index contributed by atoms with van der Waals surface area (Å²) in [4.78, 5) is 12.0. The molecule has 0 heterocycles. The molecule has 4 heteroatoms. The second-order valence-electron chi connectivity index (χ2n) is 6.25. The van der Waals surface area contributed by atoms with Crippen LogP contribution >= 0.6 is 11.6 Å². The van der Waals surface area contributed by atoms with Crippen molar-refractivity contribution >= 4 is 23.2 Å². The first-order valence-electron chi connectivity index (χ1n) is 7.10. The van der Waals surface area contributed by atoms with Gasteiger partial charge in [-0.1, -0.05) is 50.6 Å². The van der Waals surface area contributed by atoms with Crippen molar-refractivity contribution < 1.29 is 9.18 Å². The van der Waals surface area contributed by atoms with Gasteiger partial charge in [-0.05, 0) is 35.2 Å². The number of rotatable bonds is 3. The molecule has 2 rings (SSSR count). The zero-order valence-electron chi connectivity index (χ0n) is 12.9. The maximum absolute atomic E-state index is 13.7. The average Bonchev–Trinajstić information content (AvgIpc) is 2.43. The Balaban J connectivity index is 2.06. The predicted octanol–water partition coefficient (Wildman–Crippen LogP) is 4.96. The van der Waals surface area contributed by atoms with E-state index in [0.29, 0.717) is 5.69 Å². The summed E-state index contributed by atoms with van der Waals surface area (Å²) in [5, 5.41) is 3.02. The Kier molecular flexibility index (Phi) is 4.87. The summed E-state index contributed by atoms with van der Waals surface area (Å²) in [5.41, 5.74) is 2.14. The first-order chi connectivity index (χ1) is 10.3. The summed E-state index contributed by atoms with van der Waals surface area (Å²) in [6.07, 6.45) is -0.0907. The molecule has 0 bridgehead atoms. The second-order valence-corrected chi connectivity index (χ2v) is 6.66. The van der Waals surface area contributed by atoms with Crippen LogP contribution in [0.5, 0.6) is 0 Å². The van der Waals surface area contributed by atoms with Gasteiger partial charge in [-0.3, -0.25) is 4.79 Å². The molecule has 0 fully saturated rings. The zero-order valence-corrected chi connectivity index (χ0v) is 13.7. The standard InChI is InChI=1S/C18H19ClFNO/c1-18(2,3)12-7-9-13(10-8-12)21-17(22)11-14-15(19)5-4-6-16(14)20/h4-10H,11H2,1-3H3,(H,21,22). The number of hydrogen-bond donors (Lipinski definition) is 1. The molecule has 2 aromatic carbocycles. The summed E-state index contributed by atoms with van der Waals surface area (Å²) in [5.74, 6) is -0.763. The zero-order chi connectivity index (χ0) is 16.3. The minimum Gasteiger partial charge on any atom is -0.326 e. The fourth-order valence-electron chi connectivity index (χ4n) is 2.12. The van der Waals surface area contributed by atoms with Crippen molar-refractivity contribution in [2.24, 2.45) is 0 Å². The summed E-state index contributed by atoms with van der Waals surface area (Å²) >= 11 is 5.93. The molecule has 0 saturated carbocycles. The molecule has 0 spiro atoms. The number of benzene rings is 2. The van der Waals surface area contributed by atoms with E-state index in [9.17, 15) is 9.18 Å². The Morgan fingerprint density at radius 2 is 1.77 bits per heavy atom. The number of anilines is 1. The molecule has 2 aromatic rings. The molecule has 0 aromatic heterocycles.